The molecule has 0 unspecified atom stereocenters. The molecule has 0 radical (unpaired) electrons. The maximum absolute atomic E-state index is 2.28. The molecular formula is C20H20S. The Hall–Kier alpha value is -1.99. The minimum Gasteiger partial charge on any atom is -0.172 e. The summed E-state index contributed by atoms with van der Waals surface area (Å²) in [4.78, 5) is 4.32. The van der Waals surface area contributed by atoms with Crippen LogP contribution in [0.5, 0.6) is 0 Å². The third-order valence-corrected chi connectivity index (χ3v) is 6.51. The van der Waals surface area contributed by atoms with E-state index in [9.17, 15) is 0 Å². The number of hydrogen-bond acceptors (Lipinski definition) is 0. The van der Waals surface area contributed by atoms with Crippen molar-refractivity contribution in [3.8, 4) is 0 Å². The molecule has 0 aliphatic carbocycles. The monoisotopic (exact) mass is 292 g/mol. The third kappa shape index (κ3) is 2.88. The number of aryl methyl sites for hydroxylation is 2. The van der Waals surface area contributed by atoms with Gasteiger partial charge in [-0.1, -0.05) is 54.6 Å². The molecule has 0 fully saturated rings. The van der Waals surface area contributed by atoms with E-state index in [1.807, 2.05) is 0 Å². The van der Waals surface area contributed by atoms with Crippen LogP contribution in [0.25, 0.3) is 0 Å². The van der Waals surface area contributed by atoms with Crippen molar-refractivity contribution < 1.29 is 0 Å². The lowest BCUT2D eigenvalue weighted by molar-refractivity contribution is 1.23. The molecule has 3 rings (SSSR count). The summed E-state index contributed by atoms with van der Waals surface area (Å²) in [7, 11) is -0.488. The third-order valence-electron chi connectivity index (χ3n) is 3.73. The van der Waals surface area contributed by atoms with Crippen LogP contribution in [0, 0.1) is 13.8 Å². The molecule has 21 heavy (non-hydrogen) atoms. The molecule has 0 bridgehead atoms. The largest absolute Gasteiger partial charge is 0.172 e. The first-order valence-corrected chi connectivity index (χ1v) is 8.58. The van der Waals surface area contributed by atoms with Gasteiger partial charge >= 0.3 is 0 Å². The van der Waals surface area contributed by atoms with Crippen molar-refractivity contribution >= 4 is 10.9 Å². The molecule has 0 saturated heterocycles. The maximum atomic E-state index is 2.28. The summed E-state index contributed by atoms with van der Waals surface area (Å²) in [5.74, 6) is 0. The molecule has 0 atom stereocenters. The zero-order chi connectivity index (χ0) is 14.7. The minimum absolute atomic E-state index is 0.488. The van der Waals surface area contributed by atoms with Gasteiger partial charge in [-0.05, 0) is 63.9 Å². The molecule has 1 heteroatoms. The number of benzene rings is 3. The normalized spacial score (nSPS) is 11.2. The molecule has 0 N–H and O–H groups in total. The molecule has 0 aliphatic heterocycles. The number of rotatable bonds is 3. The highest BCUT2D eigenvalue weighted by atomic mass is 32.2. The van der Waals surface area contributed by atoms with E-state index in [1.54, 1.807) is 0 Å². The SMILES string of the molecule is Cc1ccccc1[SH](c1ccccc1)c1ccccc1C. The second kappa shape index (κ2) is 6.19. The minimum atomic E-state index is -0.488. The van der Waals surface area contributed by atoms with Crippen molar-refractivity contribution in [1.29, 1.82) is 0 Å². The molecule has 3 aromatic carbocycles. The lowest BCUT2D eigenvalue weighted by Crippen LogP contribution is -1.93. The molecule has 0 nitrogen and oxygen atoms in total. The fourth-order valence-corrected chi connectivity index (χ4v) is 5.22. The smallest absolute Gasteiger partial charge is 0.00157 e. The lowest BCUT2D eigenvalue weighted by Gasteiger charge is -2.26. The predicted molar refractivity (Wildman–Crippen MR) is 92.6 cm³/mol. The Balaban J connectivity index is 2.22. The van der Waals surface area contributed by atoms with E-state index in [0.717, 1.165) is 0 Å². The first-order chi connectivity index (χ1) is 10.3. The highest BCUT2D eigenvalue weighted by Gasteiger charge is 2.15. The quantitative estimate of drug-likeness (QED) is 0.581. The van der Waals surface area contributed by atoms with Crippen molar-refractivity contribution in [2.75, 3.05) is 0 Å². The molecule has 0 heterocycles. The van der Waals surface area contributed by atoms with Crippen LogP contribution in [0.3, 0.4) is 0 Å². The van der Waals surface area contributed by atoms with Gasteiger partial charge in [-0.25, -0.2) is 0 Å². The number of thiol groups is 1. The van der Waals surface area contributed by atoms with Crippen molar-refractivity contribution in [3.63, 3.8) is 0 Å². The van der Waals surface area contributed by atoms with Crippen LogP contribution in [-0.2, 0) is 0 Å². The summed E-state index contributed by atoms with van der Waals surface area (Å²) in [5.41, 5.74) is 2.74. The first-order valence-electron chi connectivity index (χ1n) is 7.24. The van der Waals surface area contributed by atoms with Gasteiger partial charge in [-0.2, -0.15) is 10.9 Å². The van der Waals surface area contributed by atoms with Gasteiger partial charge in [0.05, 0.1) is 0 Å². The van der Waals surface area contributed by atoms with Crippen LogP contribution in [0.15, 0.2) is 93.5 Å². The molecule has 106 valence electrons. The van der Waals surface area contributed by atoms with Crippen molar-refractivity contribution in [2.24, 2.45) is 0 Å². The van der Waals surface area contributed by atoms with Crippen LogP contribution in [0.4, 0.5) is 0 Å². The summed E-state index contributed by atoms with van der Waals surface area (Å²) < 4.78 is 0. The van der Waals surface area contributed by atoms with E-state index in [-0.39, 0.29) is 0 Å². The highest BCUT2D eigenvalue weighted by Crippen LogP contribution is 2.53. The summed E-state index contributed by atoms with van der Waals surface area (Å²) in [5, 5.41) is 0. The van der Waals surface area contributed by atoms with E-state index < -0.39 is 10.9 Å². The zero-order valence-electron chi connectivity index (χ0n) is 12.5. The Labute approximate surface area is 129 Å². The Morgan fingerprint density at radius 2 is 0.952 bits per heavy atom. The molecule has 0 saturated carbocycles. The first kappa shape index (κ1) is 14.0. The zero-order valence-corrected chi connectivity index (χ0v) is 13.3. The highest BCUT2D eigenvalue weighted by molar-refractivity contribution is 8.17. The second-order valence-electron chi connectivity index (χ2n) is 5.24. The van der Waals surface area contributed by atoms with Gasteiger partial charge in [0.25, 0.3) is 0 Å². The van der Waals surface area contributed by atoms with Crippen LogP contribution >= 0.6 is 10.9 Å². The topological polar surface area (TPSA) is 0 Å². The predicted octanol–water partition coefficient (Wildman–Crippen LogP) is 5.78. The van der Waals surface area contributed by atoms with E-state index in [1.165, 1.54) is 25.8 Å². The van der Waals surface area contributed by atoms with Gasteiger partial charge in [0.15, 0.2) is 0 Å². The van der Waals surface area contributed by atoms with Crippen LogP contribution < -0.4 is 0 Å². The molecule has 0 aliphatic rings. The van der Waals surface area contributed by atoms with Gasteiger partial charge in [0, 0.05) is 0 Å². The van der Waals surface area contributed by atoms with E-state index in [4.69, 9.17) is 0 Å². The Morgan fingerprint density at radius 1 is 0.524 bits per heavy atom. The maximum Gasteiger partial charge on any atom is -0.00157 e. The molecule has 0 amide bonds. The average Bonchev–Trinajstić information content (AvgIpc) is 2.52. The summed E-state index contributed by atoms with van der Waals surface area (Å²) >= 11 is 0. The van der Waals surface area contributed by atoms with Crippen LogP contribution in [0.2, 0.25) is 0 Å². The fourth-order valence-electron chi connectivity index (χ4n) is 2.61. The Kier molecular flexibility index (Phi) is 4.12. The fraction of sp³-hybridized carbons (Fsp3) is 0.100. The average molecular weight is 292 g/mol. The van der Waals surface area contributed by atoms with E-state index >= 15 is 0 Å². The van der Waals surface area contributed by atoms with Gasteiger partial charge in [-0.3, -0.25) is 0 Å². The summed E-state index contributed by atoms with van der Waals surface area (Å²) in [6.07, 6.45) is 0. The van der Waals surface area contributed by atoms with Crippen molar-refractivity contribution in [2.45, 2.75) is 28.5 Å². The van der Waals surface area contributed by atoms with Gasteiger partial charge in [-0.15, -0.1) is 0 Å². The Bertz CT molecular complexity index is 686. The lowest BCUT2D eigenvalue weighted by atomic mass is 10.2. The van der Waals surface area contributed by atoms with Crippen LogP contribution in [-0.4, -0.2) is 0 Å². The van der Waals surface area contributed by atoms with Gasteiger partial charge < -0.3 is 0 Å². The van der Waals surface area contributed by atoms with E-state index in [0.29, 0.717) is 0 Å². The van der Waals surface area contributed by atoms with E-state index in [2.05, 4.69) is 92.7 Å². The van der Waals surface area contributed by atoms with Gasteiger partial charge in [0.1, 0.15) is 0 Å². The Morgan fingerprint density at radius 3 is 1.43 bits per heavy atom. The van der Waals surface area contributed by atoms with Crippen molar-refractivity contribution in [1.82, 2.24) is 0 Å². The second-order valence-corrected chi connectivity index (χ2v) is 7.39. The molecule has 3 aromatic rings. The molecule has 0 aromatic heterocycles. The standard InChI is InChI=1S/C20H20S/c1-16-10-6-8-14-19(16)21(18-12-4-3-5-13-18)20-15-9-7-11-17(20)2/h3-15,21H,1-2H3. The number of hydrogen-bond donors (Lipinski definition) is 1. The summed E-state index contributed by atoms with van der Waals surface area (Å²) in [6, 6.07) is 28.4. The van der Waals surface area contributed by atoms with Crippen molar-refractivity contribution in [3.05, 3.63) is 90.0 Å². The van der Waals surface area contributed by atoms with Gasteiger partial charge in [0.2, 0.25) is 0 Å². The summed E-state index contributed by atoms with van der Waals surface area (Å²) in [6.45, 7) is 4.43. The van der Waals surface area contributed by atoms with Crippen LogP contribution in [0.1, 0.15) is 11.1 Å². The molecule has 0 spiro atoms. The molecular weight excluding hydrogens is 272 g/mol.